The van der Waals surface area contributed by atoms with Crippen molar-refractivity contribution in [1.29, 1.82) is 0 Å². The van der Waals surface area contributed by atoms with E-state index in [0.29, 0.717) is 11.2 Å². The lowest BCUT2D eigenvalue weighted by molar-refractivity contribution is -0.137. The molecule has 2 N–H and O–H groups in total. The topological polar surface area (TPSA) is 124 Å². The van der Waals surface area contributed by atoms with Crippen LogP contribution >= 0.6 is 0 Å². The summed E-state index contributed by atoms with van der Waals surface area (Å²) < 4.78 is 41.8. The lowest BCUT2D eigenvalue weighted by Gasteiger charge is -2.11. The summed E-state index contributed by atoms with van der Waals surface area (Å²) in [5.74, 6) is -1.23. The summed E-state index contributed by atoms with van der Waals surface area (Å²) >= 11 is 0. The lowest BCUT2D eigenvalue weighted by Crippen LogP contribution is -2.37. The summed E-state index contributed by atoms with van der Waals surface area (Å²) in [6.45, 7) is 0. The van der Waals surface area contributed by atoms with Crippen molar-refractivity contribution in [3.63, 3.8) is 0 Å². The number of carboxylic acids is 1. The highest BCUT2D eigenvalue weighted by Gasteiger charge is 2.30. The monoisotopic (exact) mass is 476 g/mol. The Bertz CT molecular complexity index is 1490. The molecule has 0 unspecified atom stereocenters. The van der Waals surface area contributed by atoms with Crippen LogP contribution in [0.2, 0.25) is 0 Å². The fourth-order valence-electron chi connectivity index (χ4n) is 3.06. The van der Waals surface area contributed by atoms with E-state index in [1.165, 1.54) is 48.4 Å². The minimum absolute atomic E-state index is 0.0145. The standard InChI is InChI=1S/C13H9F3N2O2.C8H10N4O2/c14-13(15,16)8-3-1-4-9(7-8)18-11-10(12(19)20)5-2-6-17-11;1-10-4-9-6-5(10)7(13)12(3)8(14)11(6)2/h1-7H,(H,17,18)(H,19,20);4H,1-3H3. The number of aromatic carboxylic acids is 1. The maximum absolute atomic E-state index is 12.6. The van der Waals surface area contributed by atoms with Crippen molar-refractivity contribution in [2.24, 2.45) is 21.1 Å². The highest BCUT2D eigenvalue weighted by molar-refractivity contribution is 5.93. The smallest absolute Gasteiger partial charge is 0.416 e. The summed E-state index contributed by atoms with van der Waals surface area (Å²) in [7, 11) is 4.77. The second kappa shape index (κ2) is 9.21. The maximum Gasteiger partial charge on any atom is 0.416 e. The zero-order chi connectivity index (χ0) is 25.2. The minimum atomic E-state index is -4.46. The second-order valence-corrected chi connectivity index (χ2v) is 7.14. The number of rotatable bonds is 3. The summed E-state index contributed by atoms with van der Waals surface area (Å²) in [6, 6.07) is 7.19. The number of aryl methyl sites for hydroxylation is 2. The van der Waals surface area contributed by atoms with Crippen LogP contribution in [-0.2, 0) is 27.3 Å². The van der Waals surface area contributed by atoms with E-state index in [2.05, 4.69) is 15.3 Å². The van der Waals surface area contributed by atoms with Crippen LogP contribution in [0.3, 0.4) is 0 Å². The Kier molecular flexibility index (Phi) is 6.56. The molecule has 4 aromatic rings. The minimum Gasteiger partial charge on any atom is -0.478 e. The third-order valence-electron chi connectivity index (χ3n) is 4.81. The first-order valence-corrected chi connectivity index (χ1v) is 9.61. The molecule has 0 bridgehead atoms. The molecule has 13 heteroatoms. The summed E-state index contributed by atoms with van der Waals surface area (Å²) in [5, 5.41) is 11.5. The average molecular weight is 476 g/mol. The summed E-state index contributed by atoms with van der Waals surface area (Å²) in [5.41, 5.74) is -0.652. The van der Waals surface area contributed by atoms with Crippen LogP contribution in [0.1, 0.15) is 15.9 Å². The van der Waals surface area contributed by atoms with Crippen LogP contribution in [-0.4, -0.2) is 34.7 Å². The first-order valence-electron chi connectivity index (χ1n) is 9.61. The van der Waals surface area contributed by atoms with Crippen LogP contribution in [0, 0.1) is 0 Å². The molecule has 0 amide bonds. The van der Waals surface area contributed by atoms with E-state index >= 15 is 0 Å². The number of pyridine rings is 1. The molecule has 4 rings (SSSR count). The number of nitrogens with zero attached hydrogens (tertiary/aromatic N) is 5. The number of anilines is 2. The molecular weight excluding hydrogens is 457 g/mol. The van der Waals surface area contributed by atoms with Gasteiger partial charge in [0.05, 0.1) is 11.9 Å². The fraction of sp³-hybridized carbons (Fsp3) is 0.190. The number of nitrogens with one attached hydrogen (secondary N) is 1. The lowest BCUT2D eigenvalue weighted by atomic mass is 10.2. The van der Waals surface area contributed by atoms with Gasteiger partial charge in [-0.3, -0.25) is 13.9 Å². The molecule has 178 valence electrons. The third kappa shape index (κ3) is 4.82. The van der Waals surface area contributed by atoms with Crippen LogP contribution in [0.15, 0.2) is 58.5 Å². The van der Waals surface area contributed by atoms with Crippen LogP contribution in [0.4, 0.5) is 24.7 Å². The Labute approximate surface area is 189 Å². The zero-order valence-electron chi connectivity index (χ0n) is 18.2. The number of aromatic nitrogens is 5. The van der Waals surface area contributed by atoms with Crippen molar-refractivity contribution in [2.45, 2.75) is 6.18 Å². The van der Waals surface area contributed by atoms with Crippen LogP contribution in [0.5, 0.6) is 0 Å². The van der Waals surface area contributed by atoms with Gasteiger partial charge in [0.1, 0.15) is 11.4 Å². The molecule has 34 heavy (non-hydrogen) atoms. The van der Waals surface area contributed by atoms with Gasteiger partial charge in [-0.25, -0.2) is 19.6 Å². The molecule has 10 nitrogen and oxygen atoms in total. The number of alkyl halides is 3. The molecule has 0 saturated carbocycles. The van der Waals surface area contributed by atoms with E-state index < -0.39 is 17.7 Å². The number of fused-ring (bicyclic) bond motifs is 1. The fourth-order valence-corrected chi connectivity index (χ4v) is 3.06. The molecule has 3 aromatic heterocycles. The molecule has 0 atom stereocenters. The number of carbonyl (C=O) groups is 1. The predicted octanol–water partition coefficient (Wildman–Crippen LogP) is 2.51. The number of carboxylic acid groups (broad SMARTS) is 1. The Morgan fingerprint density at radius 3 is 2.38 bits per heavy atom. The molecule has 0 radical (unpaired) electrons. The molecular formula is C21H19F3N6O4. The second-order valence-electron chi connectivity index (χ2n) is 7.14. The molecule has 0 spiro atoms. The van der Waals surface area contributed by atoms with Gasteiger partial charge in [-0.05, 0) is 30.3 Å². The molecule has 0 aliphatic heterocycles. The van der Waals surface area contributed by atoms with Gasteiger partial charge in [0.25, 0.3) is 5.56 Å². The van der Waals surface area contributed by atoms with Crippen LogP contribution < -0.4 is 16.6 Å². The van der Waals surface area contributed by atoms with Crippen molar-refractivity contribution >= 4 is 28.6 Å². The van der Waals surface area contributed by atoms with E-state index in [1.807, 2.05) is 0 Å². The summed E-state index contributed by atoms with van der Waals surface area (Å²) in [4.78, 5) is 41.9. The van der Waals surface area contributed by atoms with E-state index in [0.717, 1.165) is 16.7 Å². The van der Waals surface area contributed by atoms with Gasteiger partial charge in [0, 0.05) is 33.0 Å². The largest absolute Gasteiger partial charge is 0.478 e. The van der Waals surface area contributed by atoms with E-state index in [-0.39, 0.29) is 28.3 Å². The molecule has 0 saturated heterocycles. The zero-order valence-corrected chi connectivity index (χ0v) is 18.2. The van der Waals surface area contributed by atoms with Crippen molar-refractivity contribution < 1.29 is 23.1 Å². The SMILES string of the molecule is Cn1c(=O)c2c(ncn2C)n(C)c1=O.O=C(O)c1cccnc1Nc1cccc(C(F)(F)F)c1. The van der Waals surface area contributed by atoms with Crippen molar-refractivity contribution in [3.05, 3.63) is 80.9 Å². The average Bonchev–Trinajstić information content (AvgIpc) is 3.18. The maximum atomic E-state index is 12.6. The molecule has 0 fully saturated rings. The highest BCUT2D eigenvalue weighted by Crippen LogP contribution is 2.31. The van der Waals surface area contributed by atoms with E-state index in [4.69, 9.17) is 5.11 Å². The van der Waals surface area contributed by atoms with Gasteiger partial charge in [0.15, 0.2) is 11.2 Å². The molecule has 3 heterocycles. The Hall–Kier alpha value is -4.42. The molecule has 0 aliphatic carbocycles. The Morgan fingerprint density at radius 1 is 1.03 bits per heavy atom. The first-order chi connectivity index (χ1) is 15.9. The van der Waals surface area contributed by atoms with E-state index in [9.17, 15) is 27.6 Å². The van der Waals surface area contributed by atoms with Gasteiger partial charge in [-0.15, -0.1) is 0 Å². The molecule has 1 aromatic carbocycles. The number of imidazole rings is 1. The van der Waals surface area contributed by atoms with Crippen molar-refractivity contribution in [1.82, 2.24) is 23.7 Å². The number of hydrogen-bond donors (Lipinski definition) is 2. The van der Waals surface area contributed by atoms with Crippen LogP contribution in [0.25, 0.3) is 11.2 Å². The highest BCUT2D eigenvalue weighted by atomic mass is 19.4. The Balaban J connectivity index is 0.000000202. The van der Waals surface area contributed by atoms with Gasteiger partial charge in [-0.2, -0.15) is 13.2 Å². The van der Waals surface area contributed by atoms with Crippen molar-refractivity contribution in [3.8, 4) is 0 Å². The van der Waals surface area contributed by atoms with Gasteiger partial charge < -0.3 is 15.0 Å². The number of hydrogen-bond acceptors (Lipinski definition) is 6. The van der Waals surface area contributed by atoms with Gasteiger partial charge in [-0.1, -0.05) is 6.07 Å². The van der Waals surface area contributed by atoms with Gasteiger partial charge >= 0.3 is 17.8 Å². The van der Waals surface area contributed by atoms with Crippen molar-refractivity contribution in [2.75, 3.05) is 5.32 Å². The third-order valence-corrected chi connectivity index (χ3v) is 4.81. The quantitative estimate of drug-likeness (QED) is 0.466. The number of halogens is 3. The van der Waals surface area contributed by atoms with E-state index in [1.54, 1.807) is 18.7 Å². The molecule has 0 aliphatic rings. The normalized spacial score (nSPS) is 11.1. The summed E-state index contributed by atoms with van der Waals surface area (Å²) in [6.07, 6.45) is -1.59. The van der Waals surface area contributed by atoms with Gasteiger partial charge in [0.2, 0.25) is 0 Å². The first kappa shape index (κ1) is 24.2. The predicted molar refractivity (Wildman–Crippen MR) is 117 cm³/mol. The number of benzene rings is 1. The Morgan fingerprint density at radius 2 is 1.74 bits per heavy atom.